The normalized spacial score (nSPS) is 28.7. The van der Waals surface area contributed by atoms with Crippen molar-refractivity contribution in [1.82, 2.24) is 5.43 Å². The van der Waals surface area contributed by atoms with E-state index in [1.165, 1.54) is 43.5 Å². The predicted octanol–water partition coefficient (Wildman–Crippen LogP) is 4.73. The maximum atomic E-state index is 4.65. The second-order valence-electron chi connectivity index (χ2n) is 6.98. The molecule has 2 aliphatic rings. The van der Waals surface area contributed by atoms with Gasteiger partial charge in [0.25, 0.3) is 0 Å². The minimum Gasteiger partial charge on any atom is -0.283 e. The van der Waals surface area contributed by atoms with Crippen LogP contribution >= 0.6 is 0 Å². The smallest absolute Gasteiger partial charge is 0.0479 e. The molecule has 0 radical (unpaired) electrons. The van der Waals surface area contributed by atoms with E-state index in [1.54, 1.807) is 5.57 Å². The third kappa shape index (κ3) is 3.21. The summed E-state index contributed by atoms with van der Waals surface area (Å²) >= 11 is 0. The molecule has 0 amide bonds. The highest BCUT2D eigenvalue weighted by atomic mass is 15.3. The van der Waals surface area contributed by atoms with Crippen molar-refractivity contribution in [3.63, 3.8) is 0 Å². The van der Waals surface area contributed by atoms with Crippen LogP contribution in [0.2, 0.25) is 0 Å². The maximum Gasteiger partial charge on any atom is 0.0479 e. The lowest BCUT2D eigenvalue weighted by Crippen LogP contribution is -2.32. The van der Waals surface area contributed by atoms with Crippen LogP contribution in [-0.4, -0.2) is 5.71 Å². The lowest BCUT2D eigenvalue weighted by Gasteiger charge is -2.34. The molecular weight excluding hydrogens is 232 g/mol. The number of hydrogen-bond acceptors (Lipinski definition) is 2. The fourth-order valence-corrected chi connectivity index (χ4v) is 3.70. The van der Waals surface area contributed by atoms with Crippen LogP contribution < -0.4 is 5.43 Å². The zero-order valence-electron chi connectivity index (χ0n) is 13.3. The molecule has 0 aromatic carbocycles. The van der Waals surface area contributed by atoms with Gasteiger partial charge in [0.2, 0.25) is 0 Å². The number of hydrogen-bond donors (Lipinski definition) is 1. The van der Waals surface area contributed by atoms with E-state index in [-0.39, 0.29) is 0 Å². The monoisotopic (exact) mass is 262 g/mol. The number of nitrogens with one attached hydrogen (secondary N) is 1. The molecule has 0 spiro atoms. The summed E-state index contributed by atoms with van der Waals surface area (Å²) in [6.07, 6.45) is 6.67. The molecule has 1 heterocycles. The summed E-state index contributed by atoms with van der Waals surface area (Å²) < 4.78 is 0. The Balaban J connectivity index is 2.18. The summed E-state index contributed by atoms with van der Waals surface area (Å²) in [5.41, 5.74) is 7.60. The van der Waals surface area contributed by atoms with Crippen LogP contribution in [0.1, 0.15) is 66.7 Å². The Hall–Kier alpha value is -0.790. The summed E-state index contributed by atoms with van der Waals surface area (Å²) in [5.74, 6) is 2.90. The van der Waals surface area contributed by atoms with E-state index in [0.717, 1.165) is 11.8 Å². The highest BCUT2D eigenvalue weighted by Crippen LogP contribution is 2.37. The van der Waals surface area contributed by atoms with Crippen LogP contribution in [0.3, 0.4) is 0 Å². The van der Waals surface area contributed by atoms with Gasteiger partial charge in [-0.05, 0) is 62.4 Å². The van der Waals surface area contributed by atoms with Crippen LogP contribution in [0.4, 0.5) is 0 Å². The quantitative estimate of drug-likeness (QED) is 0.764. The van der Waals surface area contributed by atoms with E-state index in [2.05, 4.69) is 45.1 Å². The second-order valence-corrected chi connectivity index (χ2v) is 6.98. The van der Waals surface area contributed by atoms with Crippen LogP contribution in [0.15, 0.2) is 16.4 Å². The molecule has 2 unspecified atom stereocenters. The predicted molar refractivity (Wildman–Crippen MR) is 83.0 cm³/mol. The average molecular weight is 262 g/mol. The topological polar surface area (TPSA) is 24.4 Å². The minimum absolute atomic E-state index is 0.553. The largest absolute Gasteiger partial charge is 0.283 e. The van der Waals surface area contributed by atoms with Crippen molar-refractivity contribution in [3.8, 4) is 0 Å². The molecule has 0 bridgehead atoms. The Morgan fingerprint density at radius 1 is 1.11 bits per heavy atom. The third-order valence-electron chi connectivity index (χ3n) is 4.99. The fraction of sp³-hybridized carbons (Fsp3) is 0.824. The molecular formula is C17H30N2. The van der Waals surface area contributed by atoms with Gasteiger partial charge in [-0.2, -0.15) is 5.10 Å². The number of fused-ring (bicyclic) bond motifs is 1. The van der Waals surface area contributed by atoms with Crippen molar-refractivity contribution >= 4 is 5.71 Å². The van der Waals surface area contributed by atoms with Crippen molar-refractivity contribution in [3.05, 3.63) is 11.3 Å². The average Bonchev–Trinajstić information content (AvgIpc) is 2.30. The number of rotatable bonds is 2. The molecule has 2 nitrogen and oxygen atoms in total. The number of hydrazone groups is 1. The molecule has 1 aliphatic carbocycles. The van der Waals surface area contributed by atoms with E-state index in [1.807, 2.05) is 0 Å². The fourth-order valence-electron chi connectivity index (χ4n) is 3.70. The van der Waals surface area contributed by atoms with E-state index in [4.69, 9.17) is 0 Å². The number of allylic oxidation sites excluding steroid dienone is 2. The SMILES string of the molecule is CC1=C2CCCC(C(C)C)CCC2C(C(C)C)=NN1. The van der Waals surface area contributed by atoms with Gasteiger partial charge in [-0.1, -0.05) is 27.7 Å². The Morgan fingerprint density at radius 3 is 2.47 bits per heavy atom. The van der Waals surface area contributed by atoms with Crippen molar-refractivity contribution in [2.45, 2.75) is 66.7 Å². The molecule has 2 heteroatoms. The van der Waals surface area contributed by atoms with Crippen LogP contribution in [0.25, 0.3) is 0 Å². The Kier molecular flexibility index (Phi) is 4.70. The highest BCUT2D eigenvalue weighted by molar-refractivity contribution is 5.91. The molecule has 1 N–H and O–H groups in total. The van der Waals surface area contributed by atoms with Crippen molar-refractivity contribution < 1.29 is 0 Å². The van der Waals surface area contributed by atoms with Crippen molar-refractivity contribution in [2.24, 2.45) is 28.8 Å². The molecule has 19 heavy (non-hydrogen) atoms. The lowest BCUT2D eigenvalue weighted by molar-refractivity contribution is 0.299. The molecule has 0 aromatic heterocycles. The molecule has 108 valence electrons. The molecule has 1 aliphatic heterocycles. The van der Waals surface area contributed by atoms with Crippen LogP contribution in [0, 0.1) is 23.7 Å². The zero-order valence-corrected chi connectivity index (χ0v) is 13.3. The van der Waals surface area contributed by atoms with E-state index < -0.39 is 0 Å². The zero-order chi connectivity index (χ0) is 14.0. The summed E-state index contributed by atoms with van der Waals surface area (Å²) in [5, 5.41) is 4.65. The summed E-state index contributed by atoms with van der Waals surface area (Å²) in [4.78, 5) is 0. The van der Waals surface area contributed by atoms with Gasteiger partial charge in [0, 0.05) is 17.3 Å². The Labute approximate surface area is 118 Å². The lowest BCUT2D eigenvalue weighted by atomic mass is 9.74. The van der Waals surface area contributed by atoms with E-state index in [0.29, 0.717) is 11.8 Å². The first-order chi connectivity index (χ1) is 9.00. The maximum absolute atomic E-state index is 4.65. The van der Waals surface area contributed by atoms with Gasteiger partial charge in [0.15, 0.2) is 0 Å². The van der Waals surface area contributed by atoms with Gasteiger partial charge in [0.1, 0.15) is 0 Å². The van der Waals surface area contributed by atoms with Gasteiger partial charge in [-0.25, -0.2) is 0 Å². The molecule has 1 fully saturated rings. The summed E-state index contributed by atoms with van der Waals surface area (Å²) in [7, 11) is 0. The summed E-state index contributed by atoms with van der Waals surface area (Å²) in [6, 6.07) is 0. The van der Waals surface area contributed by atoms with Crippen molar-refractivity contribution in [2.75, 3.05) is 0 Å². The van der Waals surface area contributed by atoms with Gasteiger partial charge in [-0.3, -0.25) is 5.43 Å². The Bertz CT molecular complexity index is 377. The first-order valence-corrected chi connectivity index (χ1v) is 8.03. The molecule has 2 atom stereocenters. The van der Waals surface area contributed by atoms with E-state index in [9.17, 15) is 0 Å². The van der Waals surface area contributed by atoms with Crippen LogP contribution in [-0.2, 0) is 0 Å². The van der Waals surface area contributed by atoms with Gasteiger partial charge >= 0.3 is 0 Å². The minimum atomic E-state index is 0.553. The first kappa shape index (κ1) is 14.6. The molecule has 0 aromatic rings. The van der Waals surface area contributed by atoms with E-state index >= 15 is 0 Å². The van der Waals surface area contributed by atoms with Gasteiger partial charge in [0.05, 0.1) is 0 Å². The second kappa shape index (κ2) is 6.11. The van der Waals surface area contributed by atoms with Crippen molar-refractivity contribution in [1.29, 1.82) is 0 Å². The highest BCUT2D eigenvalue weighted by Gasteiger charge is 2.30. The molecule has 2 rings (SSSR count). The molecule has 1 saturated carbocycles. The third-order valence-corrected chi connectivity index (χ3v) is 4.99. The van der Waals surface area contributed by atoms with Gasteiger partial charge < -0.3 is 0 Å². The first-order valence-electron chi connectivity index (χ1n) is 8.03. The standard InChI is InChI=1S/C17H30N2/c1-11(2)14-7-6-8-15-13(5)18-19-17(12(3)4)16(15)10-9-14/h11-12,14,16,18H,6-10H2,1-5H3. The number of nitrogens with zero attached hydrogens (tertiary/aromatic N) is 1. The van der Waals surface area contributed by atoms with Crippen LogP contribution in [0.5, 0.6) is 0 Å². The molecule has 0 saturated heterocycles. The Morgan fingerprint density at radius 2 is 1.84 bits per heavy atom. The van der Waals surface area contributed by atoms with Gasteiger partial charge in [-0.15, -0.1) is 0 Å². The summed E-state index contributed by atoms with van der Waals surface area (Å²) in [6.45, 7) is 11.5.